The van der Waals surface area contributed by atoms with Gasteiger partial charge in [0.05, 0.1) is 17.3 Å². The summed E-state index contributed by atoms with van der Waals surface area (Å²) in [5.41, 5.74) is 0.720. The molecule has 1 saturated heterocycles. The van der Waals surface area contributed by atoms with E-state index in [0.717, 1.165) is 12.1 Å². The Balaban J connectivity index is 2.36. The molecule has 5 heteroatoms. The van der Waals surface area contributed by atoms with Crippen molar-refractivity contribution >= 4 is 28.9 Å². The summed E-state index contributed by atoms with van der Waals surface area (Å²) >= 11 is 12.1. The summed E-state index contributed by atoms with van der Waals surface area (Å²) in [5.74, 6) is 0.271. The van der Waals surface area contributed by atoms with Gasteiger partial charge in [0, 0.05) is 23.6 Å². The van der Waals surface area contributed by atoms with E-state index in [-0.39, 0.29) is 17.8 Å². The van der Waals surface area contributed by atoms with Crippen molar-refractivity contribution in [2.75, 3.05) is 18.1 Å². The Morgan fingerprint density at radius 1 is 1.47 bits per heavy atom. The molecular formula is C14H17Cl2NO2. The fourth-order valence-electron chi connectivity index (χ4n) is 2.44. The molecule has 2 rings (SSSR count). The minimum atomic E-state index is -0.0111. The highest BCUT2D eigenvalue weighted by Crippen LogP contribution is 2.35. The molecule has 2 atom stereocenters. The van der Waals surface area contributed by atoms with E-state index in [1.807, 2.05) is 0 Å². The van der Waals surface area contributed by atoms with Crippen LogP contribution in [-0.4, -0.2) is 24.4 Å². The van der Waals surface area contributed by atoms with Crippen molar-refractivity contribution in [2.24, 2.45) is 5.92 Å². The summed E-state index contributed by atoms with van der Waals surface area (Å²) in [6, 6.07) is 5.33. The fraction of sp³-hybridized carbons (Fsp3) is 0.429. The lowest BCUT2D eigenvalue weighted by molar-refractivity contribution is 0.0460. The average Bonchev–Trinajstić information content (AvgIpc) is 2.34. The third kappa shape index (κ3) is 3.16. The first-order chi connectivity index (χ1) is 9.00. The quantitative estimate of drug-likeness (QED) is 0.847. The van der Waals surface area contributed by atoms with Crippen molar-refractivity contribution in [2.45, 2.75) is 19.4 Å². The molecule has 3 nitrogen and oxygen atoms in total. The molecule has 0 aliphatic carbocycles. The van der Waals surface area contributed by atoms with Crippen LogP contribution in [0.3, 0.4) is 0 Å². The molecule has 19 heavy (non-hydrogen) atoms. The Morgan fingerprint density at radius 2 is 2.21 bits per heavy atom. The normalized spacial score (nSPS) is 23.1. The van der Waals surface area contributed by atoms with Crippen LogP contribution in [0, 0.1) is 5.92 Å². The molecule has 1 N–H and O–H groups in total. The number of ether oxygens (including phenoxy) is 1. The molecule has 0 bridgehead atoms. The maximum absolute atomic E-state index is 9.93. The number of benzene rings is 1. The monoisotopic (exact) mass is 301 g/mol. The van der Waals surface area contributed by atoms with E-state index in [2.05, 4.69) is 13.5 Å². The first kappa shape index (κ1) is 14.5. The van der Waals surface area contributed by atoms with Gasteiger partial charge in [-0.1, -0.05) is 30.1 Å². The Kier molecular flexibility index (Phi) is 4.61. The minimum Gasteiger partial charge on any atom is -0.495 e. The SMILES string of the molecule is C=C(O)N(c1ccc(Cl)cc1Cl)C1CCOC[C@@H]1C. The third-order valence-electron chi connectivity index (χ3n) is 3.37. The maximum atomic E-state index is 9.93. The lowest BCUT2D eigenvalue weighted by atomic mass is 9.95. The highest BCUT2D eigenvalue weighted by molar-refractivity contribution is 6.36. The van der Waals surface area contributed by atoms with Crippen molar-refractivity contribution in [3.8, 4) is 0 Å². The Morgan fingerprint density at radius 3 is 2.79 bits per heavy atom. The number of anilines is 1. The van der Waals surface area contributed by atoms with Crippen LogP contribution in [0.2, 0.25) is 10.0 Å². The third-order valence-corrected chi connectivity index (χ3v) is 3.91. The van der Waals surface area contributed by atoms with Gasteiger partial charge in [0.2, 0.25) is 0 Å². The first-order valence-corrected chi connectivity index (χ1v) is 6.96. The van der Waals surface area contributed by atoms with E-state index in [1.54, 1.807) is 23.1 Å². The Bertz CT molecular complexity index is 479. The molecule has 0 saturated carbocycles. The second-order valence-electron chi connectivity index (χ2n) is 4.79. The smallest absolute Gasteiger partial charge is 0.184 e. The summed E-state index contributed by atoms with van der Waals surface area (Å²) < 4.78 is 5.44. The highest BCUT2D eigenvalue weighted by atomic mass is 35.5. The van der Waals surface area contributed by atoms with Gasteiger partial charge in [0.15, 0.2) is 5.88 Å². The number of aliphatic hydroxyl groups is 1. The molecule has 1 heterocycles. The van der Waals surface area contributed by atoms with Gasteiger partial charge in [0.1, 0.15) is 0 Å². The highest BCUT2D eigenvalue weighted by Gasteiger charge is 2.30. The molecule has 1 aromatic rings. The van der Waals surface area contributed by atoms with E-state index in [1.165, 1.54) is 0 Å². The van der Waals surface area contributed by atoms with Gasteiger partial charge < -0.3 is 14.7 Å². The molecule has 1 aliphatic heterocycles. The summed E-state index contributed by atoms with van der Waals surface area (Å²) in [5, 5.41) is 11.0. The van der Waals surface area contributed by atoms with E-state index in [0.29, 0.717) is 23.3 Å². The van der Waals surface area contributed by atoms with Crippen molar-refractivity contribution in [1.29, 1.82) is 0 Å². The van der Waals surface area contributed by atoms with Gasteiger partial charge >= 0.3 is 0 Å². The molecule has 104 valence electrons. The predicted molar refractivity (Wildman–Crippen MR) is 79.1 cm³/mol. The number of halogens is 2. The second-order valence-corrected chi connectivity index (χ2v) is 5.63. The van der Waals surface area contributed by atoms with Crippen LogP contribution in [0.15, 0.2) is 30.7 Å². The van der Waals surface area contributed by atoms with Crippen molar-refractivity contribution in [3.05, 3.63) is 40.7 Å². The predicted octanol–water partition coefficient (Wildman–Crippen LogP) is 4.25. The first-order valence-electron chi connectivity index (χ1n) is 6.20. The average molecular weight is 302 g/mol. The number of hydrogen-bond acceptors (Lipinski definition) is 3. The van der Waals surface area contributed by atoms with Gasteiger partial charge in [-0.3, -0.25) is 0 Å². The number of nitrogens with zero attached hydrogens (tertiary/aromatic N) is 1. The molecular weight excluding hydrogens is 285 g/mol. The van der Waals surface area contributed by atoms with Crippen LogP contribution in [0.5, 0.6) is 0 Å². The summed E-state index contributed by atoms with van der Waals surface area (Å²) in [6.07, 6.45) is 0.819. The van der Waals surface area contributed by atoms with E-state index >= 15 is 0 Å². The topological polar surface area (TPSA) is 32.7 Å². The molecule has 0 aromatic heterocycles. The summed E-state index contributed by atoms with van der Waals surface area (Å²) in [4.78, 5) is 1.77. The van der Waals surface area contributed by atoms with Crippen LogP contribution in [-0.2, 0) is 4.74 Å². The number of rotatable bonds is 3. The Labute approximate surface area is 123 Å². The molecule has 0 radical (unpaired) electrons. The molecule has 1 aromatic carbocycles. The van der Waals surface area contributed by atoms with Gasteiger partial charge in [-0.2, -0.15) is 0 Å². The van der Waals surface area contributed by atoms with Crippen LogP contribution in [0.4, 0.5) is 5.69 Å². The van der Waals surface area contributed by atoms with E-state index in [4.69, 9.17) is 27.9 Å². The van der Waals surface area contributed by atoms with Gasteiger partial charge in [0.25, 0.3) is 0 Å². The van der Waals surface area contributed by atoms with E-state index < -0.39 is 0 Å². The zero-order chi connectivity index (χ0) is 14.0. The fourth-order valence-corrected chi connectivity index (χ4v) is 2.94. The van der Waals surface area contributed by atoms with Gasteiger partial charge in [-0.25, -0.2) is 0 Å². The molecule has 1 aliphatic rings. The van der Waals surface area contributed by atoms with Gasteiger partial charge in [-0.05, 0) is 31.2 Å². The molecule has 1 fully saturated rings. The van der Waals surface area contributed by atoms with Crippen LogP contribution in [0.25, 0.3) is 0 Å². The van der Waals surface area contributed by atoms with Crippen LogP contribution >= 0.6 is 23.2 Å². The van der Waals surface area contributed by atoms with Crippen LogP contribution in [0.1, 0.15) is 13.3 Å². The lowest BCUT2D eigenvalue weighted by Crippen LogP contribution is -2.44. The summed E-state index contributed by atoms with van der Waals surface area (Å²) in [7, 11) is 0. The standard InChI is InChI=1S/C14H17Cl2NO2/c1-9-8-19-6-5-13(9)17(10(2)18)14-4-3-11(15)7-12(14)16/h3-4,7,9,13,18H,2,5-6,8H2,1H3/t9-,13?/m0/s1. The molecule has 0 spiro atoms. The zero-order valence-corrected chi connectivity index (χ0v) is 12.3. The van der Waals surface area contributed by atoms with Crippen molar-refractivity contribution in [3.63, 3.8) is 0 Å². The minimum absolute atomic E-state index is 0.0111. The van der Waals surface area contributed by atoms with Crippen LogP contribution < -0.4 is 4.90 Å². The number of hydrogen-bond donors (Lipinski definition) is 1. The largest absolute Gasteiger partial charge is 0.495 e. The number of aliphatic hydroxyl groups excluding tert-OH is 1. The molecule has 0 amide bonds. The lowest BCUT2D eigenvalue weighted by Gasteiger charge is -2.39. The summed E-state index contributed by atoms with van der Waals surface area (Å²) in [6.45, 7) is 7.08. The maximum Gasteiger partial charge on any atom is 0.184 e. The van der Waals surface area contributed by atoms with Crippen molar-refractivity contribution in [1.82, 2.24) is 0 Å². The van der Waals surface area contributed by atoms with E-state index in [9.17, 15) is 5.11 Å². The van der Waals surface area contributed by atoms with Gasteiger partial charge in [-0.15, -0.1) is 0 Å². The van der Waals surface area contributed by atoms with Crippen molar-refractivity contribution < 1.29 is 9.84 Å². The Hall–Kier alpha value is -0.900. The molecule has 1 unspecified atom stereocenters. The second kappa shape index (κ2) is 6.04. The zero-order valence-electron chi connectivity index (χ0n) is 10.8.